The summed E-state index contributed by atoms with van der Waals surface area (Å²) in [7, 11) is 0. The van der Waals surface area contributed by atoms with E-state index in [1.807, 2.05) is 19.1 Å². The molecule has 0 aliphatic carbocycles. The van der Waals surface area contributed by atoms with Crippen molar-refractivity contribution >= 4 is 17.7 Å². The van der Waals surface area contributed by atoms with E-state index < -0.39 is 0 Å². The van der Waals surface area contributed by atoms with E-state index in [0.29, 0.717) is 31.1 Å². The predicted molar refractivity (Wildman–Crippen MR) is 107 cm³/mol. The number of nitrogens with zero attached hydrogens (tertiary/aromatic N) is 1. The van der Waals surface area contributed by atoms with Gasteiger partial charge in [0.25, 0.3) is 5.91 Å². The second-order valence-corrected chi connectivity index (χ2v) is 6.54. The van der Waals surface area contributed by atoms with Gasteiger partial charge in [0.2, 0.25) is 11.8 Å². The topological polar surface area (TPSA) is 84.9 Å². The third-order valence-corrected chi connectivity index (χ3v) is 4.53. The molecule has 0 spiro atoms. The average Bonchev–Trinajstić information content (AvgIpc) is 2.72. The fourth-order valence-corrected chi connectivity index (χ4v) is 3.09. The zero-order valence-electron chi connectivity index (χ0n) is 16.3. The summed E-state index contributed by atoms with van der Waals surface area (Å²) in [4.78, 5) is 37.9. The van der Waals surface area contributed by atoms with Crippen LogP contribution in [0.5, 0.6) is 11.5 Å². The van der Waals surface area contributed by atoms with Crippen LogP contribution in [0.3, 0.4) is 0 Å². The van der Waals surface area contributed by atoms with Gasteiger partial charge in [-0.2, -0.15) is 0 Å². The van der Waals surface area contributed by atoms with E-state index in [1.54, 1.807) is 36.4 Å². The molecule has 1 heterocycles. The minimum atomic E-state index is -0.344. The Morgan fingerprint density at radius 3 is 2.45 bits per heavy atom. The van der Waals surface area contributed by atoms with Gasteiger partial charge in [0.15, 0.2) is 0 Å². The Bertz CT molecular complexity index is 879. The molecule has 0 saturated carbocycles. The van der Waals surface area contributed by atoms with E-state index >= 15 is 0 Å². The highest BCUT2D eigenvalue weighted by Crippen LogP contribution is 2.20. The van der Waals surface area contributed by atoms with Crippen LogP contribution in [0.2, 0.25) is 0 Å². The zero-order chi connectivity index (χ0) is 20.6. The first-order valence-corrected chi connectivity index (χ1v) is 9.63. The van der Waals surface area contributed by atoms with E-state index in [4.69, 9.17) is 9.47 Å². The first-order chi connectivity index (χ1) is 14.1. The number of amides is 3. The number of hydrogen-bond donors (Lipinski definition) is 1. The van der Waals surface area contributed by atoms with Crippen LogP contribution in [0.4, 0.5) is 0 Å². The number of hydrogen-bond acceptors (Lipinski definition) is 5. The second-order valence-electron chi connectivity index (χ2n) is 6.54. The molecule has 0 radical (unpaired) electrons. The Morgan fingerprint density at radius 1 is 1.03 bits per heavy atom. The Labute approximate surface area is 169 Å². The Hall–Kier alpha value is -3.35. The Morgan fingerprint density at radius 2 is 1.72 bits per heavy atom. The third kappa shape index (κ3) is 5.34. The predicted octanol–water partition coefficient (Wildman–Crippen LogP) is 2.20. The summed E-state index contributed by atoms with van der Waals surface area (Å²) in [6, 6.07) is 14.3. The van der Waals surface area contributed by atoms with Gasteiger partial charge in [0.05, 0.1) is 19.6 Å². The maximum atomic E-state index is 12.5. The highest BCUT2D eigenvalue weighted by molar-refractivity contribution is 6.09. The number of benzene rings is 2. The van der Waals surface area contributed by atoms with E-state index in [-0.39, 0.29) is 37.1 Å². The maximum absolute atomic E-state index is 12.5. The first kappa shape index (κ1) is 20.4. The number of nitrogens with one attached hydrogen (secondary N) is 1. The highest BCUT2D eigenvalue weighted by Gasteiger charge is 2.30. The maximum Gasteiger partial charge on any atom is 0.260 e. The zero-order valence-corrected chi connectivity index (χ0v) is 16.3. The first-order valence-electron chi connectivity index (χ1n) is 9.63. The average molecular weight is 396 g/mol. The highest BCUT2D eigenvalue weighted by atomic mass is 16.5. The van der Waals surface area contributed by atoms with Gasteiger partial charge < -0.3 is 14.8 Å². The van der Waals surface area contributed by atoms with Crippen molar-refractivity contribution in [1.82, 2.24) is 10.2 Å². The van der Waals surface area contributed by atoms with Crippen LogP contribution in [0.1, 0.15) is 29.3 Å². The standard InChI is InChI=1S/C22H24N2O5/c1-2-28-17-7-9-18(10-8-17)29-14-12-23-20(25)11-13-24-21(26)15-16-5-3-4-6-19(16)22(24)27/h3-10H,2,11-15H2,1H3,(H,23,25). The fourth-order valence-electron chi connectivity index (χ4n) is 3.09. The summed E-state index contributed by atoms with van der Waals surface area (Å²) in [5, 5.41) is 2.74. The van der Waals surface area contributed by atoms with E-state index in [9.17, 15) is 14.4 Å². The molecular formula is C22H24N2O5. The molecule has 7 heteroatoms. The van der Waals surface area contributed by atoms with Gasteiger partial charge in [0.1, 0.15) is 18.1 Å². The van der Waals surface area contributed by atoms with Gasteiger partial charge in [-0.3, -0.25) is 19.3 Å². The fraction of sp³-hybridized carbons (Fsp3) is 0.318. The molecule has 0 aromatic heterocycles. The molecule has 0 unspecified atom stereocenters. The van der Waals surface area contributed by atoms with Gasteiger partial charge in [-0.25, -0.2) is 0 Å². The van der Waals surface area contributed by atoms with Crippen molar-refractivity contribution < 1.29 is 23.9 Å². The largest absolute Gasteiger partial charge is 0.494 e. The van der Waals surface area contributed by atoms with Gasteiger partial charge in [-0.1, -0.05) is 18.2 Å². The van der Waals surface area contributed by atoms with Crippen molar-refractivity contribution in [1.29, 1.82) is 0 Å². The molecule has 0 bridgehead atoms. The van der Waals surface area contributed by atoms with Crippen LogP contribution >= 0.6 is 0 Å². The van der Waals surface area contributed by atoms with Crippen LogP contribution in [-0.2, 0) is 16.0 Å². The lowest BCUT2D eigenvalue weighted by molar-refractivity contribution is -0.129. The van der Waals surface area contributed by atoms with Gasteiger partial charge in [-0.05, 0) is 42.8 Å². The van der Waals surface area contributed by atoms with Gasteiger partial charge in [0, 0.05) is 18.5 Å². The molecule has 1 aliphatic rings. The van der Waals surface area contributed by atoms with Crippen molar-refractivity contribution in [3.05, 3.63) is 59.7 Å². The van der Waals surface area contributed by atoms with E-state index in [1.165, 1.54) is 0 Å². The van der Waals surface area contributed by atoms with Crippen molar-refractivity contribution in [2.45, 2.75) is 19.8 Å². The lowest BCUT2D eigenvalue weighted by Gasteiger charge is -2.26. The summed E-state index contributed by atoms with van der Waals surface area (Å²) >= 11 is 0. The lowest BCUT2D eigenvalue weighted by Crippen LogP contribution is -2.44. The summed E-state index contributed by atoms with van der Waals surface area (Å²) < 4.78 is 10.9. The van der Waals surface area contributed by atoms with Crippen LogP contribution in [0.25, 0.3) is 0 Å². The van der Waals surface area contributed by atoms with Crippen molar-refractivity contribution in [2.75, 3.05) is 26.3 Å². The number of carbonyl (C=O) groups is 3. The summed E-state index contributed by atoms with van der Waals surface area (Å²) in [6.45, 7) is 3.24. The van der Waals surface area contributed by atoms with Gasteiger partial charge in [-0.15, -0.1) is 0 Å². The molecule has 1 N–H and O–H groups in total. The summed E-state index contributed by atoms with van der Waals surface area (Å²) in [5.41, 5.74) is 1.26. The van der Waals surface area contributed by atoms with Crippen molar-refractivity contribution in [3.63, 3.8) is 0 Å². The molecule has 0 fully saturated rings. The smallest absolute Gasteiger partial charge is 0.260 e. The summed E-state index contributed by atoms with van der Waals surface area (Å²) in [5.74, 6) is 0.604. The molecule has 0 atom stereocenters. The molecule has 3 amide bonds. The molecule has 152 valence electrons. The lowest BCUT2D eigenvalue weighted by atomic mass is 9.98. The van der Waals surface area contributed by atoms with Crippen LogP contribution < -0.4 is 14.8 Å². The summed E-state index contributed by atoms with van der Waals surface area (Å²) in [6.07, 6.45) is 0.238. The minimum absolute atomic E-state index is 0.0582. The molecule has 7 nitrogen and oxygen atoms in total. The van der Waals surface area contributed by atoms with E-state index in [2.05, 4.69) is 5.32 Å². The van der Waals surface area contributed by atoms with Crippen LogP contribution in [0, 0.1) is 0 Å². The van der Waals surface area contributed by atoms with E-state index in [0.717, 1.165) is 16.2 Å². The Balaban J connectivity index is 1.39. The monoisotopic (exact) mass is 396 g/mol. The Kier molecular flexibility index (Phi) is 6.84. The molecule has 1 aliphatic heterocycles. The molecule has 29 heavy (non-hydrogen) atoms. The normalized spacial score (nSPS) is 13.1. The third-order valence-electron chi connectivity index (χ3n) is 4.53. The van der Waals surface area contributed by atoms with Crippen LogP contribution in [0.15, 0.2) is 48.5 Å². The molecule has 3 rings (SSSR count). The van der Waals surface area contributed by atoms with Gasteiger partial charge >= 0.3 is 0 Å². The van der Waals surface area contributed by atoms with Crippen LogP contribution in [-0.4, -0.2) is 48.9 Å². The SMILES string of the molecule is CCOc1ccc(OCCNC(=O)CCN2C(=O)Cc3ccccc3C2=O)cc1. The number of imide groups is 1. The molecule has 2 aromatic carbocycles. The molecular weight excluding hydrogens is 372 g/mol. The van der Waals surface area contributed by atoms with Crippen molar-refractivity contribution in [3.8, 4) is 11.5 Å². The minimum Gasteiger partial charge on any atom is -0.494 e. The number of rotatable bonds is 9. The van der Waals surface area contributed by atoms with Crippen molar-refractivity contribution in [2.24, 2.45) is 0 Å². The number of ether oxygens (including phenoxy) is 2. The second kappa shape index (κ2) is 9.73. The number of fused-ring (bicyclic) bond motifs is 1. The quantitative estimate of drug-likeness (QED) is 0.519. The number of carbonyl (C=O) groups excluding carboxylic acids is 3. The molecule has 2 aromatic rings. The molecule has 0 saturated heterocycles.